The van der Waals surface area contributed by atoms with Gasteiger partial charge in [0.05, 0.1) is 56.1 Å². The van der Waals surface area contributed by atoms with E-state index in [9.17, 15) is 0 Å². The van der Waals surface area contributed by atoms with Crippen LogP contribution in [0.3, 0.4) is 0 Å². The topological polar surface area (TPSA) is 64.5 Å². The second-order valence-corrected chi connectivity index (χ2v) is 21.2. The Bertz CT molecular complexity index is 4970. The molecule has 5 heteroatoms. The van der Waals surface area contributed by atoms with E-state index in [0.29, 0.717) is 0 Å². The molecule has 0 atom stereocenters. The molecule has 17 rings (SSSR count). The first-order valence-electron chi connectivity index (χ1n) is 27.8. The zero-order valence-corrected chi connectivity index (χ0v) is 44.4. The van der Waals surface area contributed by atoms with E-state index < -0.39 is 0 Å². The Hall–Kier alpha value is -11.0. The highest BCUT2D eigenvalue weighted by molar-refractivity contribution is 6.10. The van der Waals surface area contributed by atoms with Crippen molar-refractivity contribution in [2.24, 2.45) is 0 Å². The summed E-state index contributed by atoms with van der Waals surface area (Å²) in [7, 11) is 0. The van der Waals surface area contributed by atoms with Crippen LogP contribution in [0, 0.1) is 0 Å². The lowest BCUT2D eigenvalue weighted by Gasteiger charge is -2.13. The first kappa shape index (κ1) is 47.0. The molecule has 5 aromatic heterocycles. The normalized spacial score (nSPS) is 11.7. The number of nitrogens with zero attached hydrogens (tertiary/aromatic N) is 5. The highest BCUT2D eigenvalue weighted by Gasteiger charge is 2.15. The fourth-order valence-corrected chi connectivity index (χ4v) is 12.0. The number of hydrogen-bond acceptors (Lipinski definition) is 5. The Morgan fingerprint density at radius 2 is 0.341 bits per heavy atom. The Kier molecular flexibility index (Phi) is 11.1. The second kappa shape index (κ2) is 19.4. The number of fused-ring (bicyclic) bond motifs is 15. The third-order valence-corrected chi connectivity index (χ3v) is 16.2. The van der Waals surface area contributed by atoms with Crippen LogP contribution in [-0.4, -0.2) is 24.9 Å². The summed E-state index contributed by atoms with van der Waals surface area (Å²) in [4.78, 5) is 26.0. The van der Waals surface area contributed by atoms with Crippen LogP contribution in [-0.2, 0) is 0 Å². The van der Waals surface area contributed by atoms with Gasteiger partial charge in [0.2, 0.25) is 0 Å². The molecule has 0 aliphatic rings. The van der Waals surface area contributed by atoms with Gasteiger partial charge in [0.25, 0.3) is 0 Å². The van der Waals surface area contributed by atoms with Gasteiger partial charge in [0, 0.05) is 81.7 Å². The summed E-state index contributed by atoms with van der Waals surface area (Å²) in [6.07, 6.45) is 0. The van der Waals surface area contributed by atoms with Gasteiger partial charge in [-0.3, -0.25) is 0 Å². The Balaban J connectivity index is 0.000000143. The van der Waals surface area contributed by atoms with Gasteiger partial charge in [0.1, 0.15) is 0 Å². The molecule has 12 aromatic carbocycles. The van der Waals surface area contributed by atoms with Gasteiger partial charge < -0.3 is 0 Å². The molecule has 0 saturated heterocycles. The molecule has 0 N–H and O–H groups in total. The maximum atomic E-state index is 5.28. The van der Waals surface area contributed by atoms with Crippen molar-refractivity contribution in [2.75, 3.05) is 0 Å². The SMILES string of the molecule is c1cc(-c2ccc3ccc4ccccc4c3n2)cc(-c2ccc3ccc4ccccc4c3n2)c1.c1ccc2c(c1)ccc1ccc(-c3cc(-c4ccc5ccc6ccccc6c5n4)cc(-c4ccc5ccc6ccccc6c5n4)c3)nc12. The number of rotatable bonds is 5. The minimum atomic E-state index is 0.916. The van der Waals surface area contributed by atoms with Crippen molar-refractivity contribution < 1.29 is 0 Å². The summed E-state index contributed by atoms with van der Waals surface area (Å²) < 4.78 is 0. The summed E-state index contributed by atoms with van der Waals surface area (Å²) in [6.45, 7) is 0. The van der Waals surface area contributed by atoms with E-state index in [1.807, 2.05) is 0 Å². The third-order valence-electron chi connectivity index (χ3n) is 16.2. The maximum Gasteiger partial charge on any atom is 0.0787 e. The molecule has 0 unspecified atom stereocenters. The minimum Gasteiger partial charge on any atom is -0.247 e. The van der Waals surface area contributed by atoms with Crippen LogP contribution < -0.4 is 0 Å². The summed E-state index contributed by atoms with van der Waals surface area (Å²) in [5.74, 6) is 0. The highest BCUT2D eigenvalue weighted by atomic mass is 14.7. The molecule has 0 fully saturated rings. The fraction of sp³-hybridized carbons (Fsp3) is 0. The van der Waals surface area contributed by atoms with E-state index in [1.54, 1.807) is 0 Å². The summed E-state index contributed by atoms with van der Waals surface area (Å²) in [6, 6.07) is 100. The van der Waals surface area contributed by atoms with Crippen molar-refractivity contribution in [3.05, 3.63) is 285 Å². The molecule has 0 aliphatic heterocycles. The third kappa shape index (κ3) is 8.30. The summed E-state index contributed by atoms with van der Waals surface area (Å²) in [5.41, 5.74) is 15.0. The molecular weight excluding hydrogens is 995 g/mol. The summed E-state index contributed by atoms with van der Waals surface area (Å²) in [5, 5.41) is 17.5. The number of pyridine rings is 5. The number of benzene rings is 12. The average molecular weight is 1040 g/mol. The van der Waals surface area contributed by atoms with Crippen LogP contribution >= 0.6 is 0 Å². The van der Waals surface area contributed by atoms with Crippen molar-refractivity contribution in [3.8, 4) is 56.3 Å². The van der Waals surface area contributed by atoms with E-state index in [-0.39, 0.29) is 0 Å². The zero-order valence-electron chi connectivity index (χ0n) is 44.4. The molecule has 0 radical (unpaired) electrons. The van der Waals surface area contributed by atoms with Gasteiger partial charge in [0.15, 0.2) is 0 Å². The molecule has 17 aromatic rings. The van der Waals surface area contributed by atoms with Gasteiger partial charge >= 0.3 is 0 Å². The maximum absolute atomic E-state index is 5.28. The van der Waals surface area contributed by atoms with Crippen molar-refractivity contribution >= 4 is 108 Å². The Morgan fingerprint density at radius 3 is 0.598 bits per heavy atom. The first-order chi connectivity index (χ1) is 40.6. The monoisotopic (exact) mass is 1040 g/mol. The molecule has 380 valence electrons. The molecular formula is C77H47N5. The van der Waals surface area contributed by atoms with Crippen molar-refractivity contribution in [1.82, 2.24) is 24.9 Å². The molecule has 0 bridgehead atoms. The smallest absolute Gasteiger partial charge is 0.0787 e. The lowest BCUT2D eigenvalue weighted by molar-refractivity contribution is 1.37. The Labute approximate surface area is 472 Å². The van der Waals surface area contributed by atoms with E-state index in [1.165, 1.54) is 37.7 Å². The fourth-order valence-electron chi connectivity index (χ4n) is 12.0. The molecule has 5 heterocycles. The van der Waals surface area contributed by atoms with Crippen LogP contribution in [0.4, 0.5) is 0 Å². The van der Waals surface area contributed by atoms with E-state index in [2.05, 4.69) is 285 Å². The highest BCUT2D eigenvalue weighted by Crippen LogP contribution is 2.37. The average Bonchev–Trinajstić information content (AvgIpc) is 3.62. The number of aromatic nitrogens is 5. The van der Waals surface area contributed by atoms with E-state index >= 15 is 0 Å². The standard InChI is InChI=1S/C45H27N3.C32H20N2/c1-4-10-37-28(7-1)13-16-31-19-22-40(46-43(31)37)34-25-35(41-23-20-32-17-14-29-8-2-5-11-38(29)44(32)47-41)27-36(26-34)42-24-21-33-18-15-30-9-3-6-12-39(30)45(33)48-42;1-3-10-27-21(6-1)12-14-23-16-18-29(33-31(23)27)25-8-5-9-26(20-25)30-19-17-24-15-13-22-7-2-4-11-28(22)32(24)34-30/h1-27H;1-20H. The van der Waals surface area contributed by atoms with Crippen molar-refractivity contribution in [1.29, 1.82) is 0 Å². The molecule has 0 amide bonds. The van der Waals surface area contributed by atoms with Gasteiger partial charge in [-0.05, 0) is 81.5 Å². The predicted octanol–water partition coefficient (Wildman–Crippen LogP) is 20.2. The van der Waals surface area contributed by atoms with Crippen LogP contribution in [0.5, 0.6) is 0 Å². The zero-order chi connectivity index (χ0) is 54.1. The molecule has 5 nitrogen and oxygen atoms in total. The minimum absolute atomic E-state index is 0.916. The van der Waals surface area contributed by atoms with Gasteiger partial charge in [-0.1, -0.05) is 231 Å². The second-order valence-electron chi connectivity index (χ2n) is 21.2. The Morgan fingerprint density at radius 1 is 0.146 bits per heavy atom. The van der Waals surface area contributed by atoms with Crippen molar-refractivity contribution in [3.63, 3.8) is 0 Å². The predicted molar refractivity (Wildman–Crippen MR) is 344 cm³/mol. The largest absolute Gasteiger partial charge is 0.247 e. The molecule has 82 heavy (non-hydrogen) atoms. The van der Waals surface area contributed by atoms with E-state index in [4.69, 9.17) is 24.9 Å². The van der Waals surface area contributed by atoms with Crippen LogP contribution in [0.2, 0.25) is 0 Å². The molecule has 0 aliphatic carbocycles. The van der Waals surface area contributed by atoms with Gasteiger partial charge in [-0.2, -0.15) is 0 Å². The van der Waals surface area contributed by atoms with Crippen molar-refractivity contribution in [2.45, 2.75) is 0 Å². The van der Waals surface area contributed by atoms with Crippen LogP contribution in [0.1, 0.15) is 0 Å². The van der Waals surface area contributed by atoms with Gasteiger partial charge in [-0.25, -0.2) is 24.9 Å². The van der Waals surface area contributed by atoms with Gasteiger partial charge in [-0.15, -0.1) is 0 Å². The lowest BCUT2D eigenvalue weighted by Crippen LogP contribution is -1.93. The summed E-state index contributed by atoms with van der Waals surface area (Å²) >= 11 is 0. The van der Waals surface area contributed by atoms with E-state index in [0.717, 1.165) is 127 Å². The first-order valence-corrected chi connectivity index (χ1v) is 27.8. The van der Waals surface area contributed by atoms with Crippen LogP contribution in [0.25, 0.3) is 165 Å². The quantitative estimate of drug-likeness (QED) is 0.161. The number of hydrogen-bond donors (Lipinski definition) is 0. The van der Waals surface area contributed by atoms with Crippen LogP contribution in [0.15, 0.2) is 285 Å². The lowest BCUT2D eigenvalue weighted by atomic mass is 9.97. The molecule has 0 saturated carbocycles. The molecule has 0 spiro atoms.